The molecule has 2 heterocycles. The van der Waals surface area contributed by atoms with Gasteiger partial charge in [-0.3, -0.25) is 0 Å². The zero-order chi connectivity index (χ0) is 19.9. The highest BCUT2D eigenvalue weighted by molar-refractivity contribution is 7.89. The van der Waals surface area contributed by atoms with Crippen molar-refractivity contribution >= 4 is 16.2 Å². The third kappa shape index (κ3) is 5.76. The van der Waals surface area contributed by atoms with E-state index in [0.717, 1.165) is 18.8 Å². The lowest BCUT2D eigenvalue weighted by atomic mass is 10.4. The molecular weight excluding hydrogens is 378 g/mol. The first kappa shape index (κ1) is 21.4. The van der Waals surface area contributed by atoms with Crippen molar-refractivity contribution in [1.82, 2.24) is 14.2 Å². The Morgan fingerprint density at radius 1 is 1.22 bits per heavy atom. The molecule has 0 amide bonds. The van der Waals surface area contributed by atoms with Gasteiger partial charge in [0.05, 0.1) is 12.8 Å². The predicted molar refractivity (Wildman–Crippen MR) is 95.8 cm³/mol. The second kappa shape index (κ2) is 9.83. The van der Waals surface area contributed by atoms with E-state index in [1.54, 1.807) is 0 Å². The number of ether oxygens (including phenoxy) is 3. The number of sulfonamides is 1. The third-order valence-corrected chi connectivity index (χ3v) is 5.94. The summed E-state index contributed by atoms with van der Waals surface area (Å²) in [5, 5.41) is 8.90. The number of rotatable bonds is 9. The number of hydrogen-bond donors (Lipinski definition) is 1. The molecule has 1 aliphatic heterocycles. The molecule has 0 saturated carbocycles. The van der Waals surface area contributed by atoms with E-state index >= 15 is 0 Å². The Hall–Kier alpha value is -1.95. The molecule has 1 aromatic heterocycles. The summed E-state index contributed by atoms with van der Waals surface area (Å²) in [4.78, 5) is 16.9. The quantitative estimate of drug-likeness (QED) is 0.473. The minimum atomic E-state index is -3.81. The maximum Gasteiger partial charge on any atom is 0.511 e. The molecule has 1 fully saturated rings. The Morgan fingerprint density at radius 2 is 1.93 bits per heavy atom. The number of piperazine rings is 1. The van der Waals surface area contributed by atoms with Gasteiger partial charge in [0.1, 0.15) is 11.5 Å². The third-order valence-electron chi connectivity index (χ3n) is 4.08. The number of carbonyl (C=O) groups is 1. The molecule has 2 rings (SSSR count). The number of nitrogens with zero attached hydrogens (tertiary/aromatic N) is 3. The Bertz CT molecular complexity index is 734. The molecule has 0 bridgehead atoms. The number of pyridine rings is 1. The molecule has 1 saturated heterocycles. The molecule has 0 spiro atoms. The van der Waals surface area contributed by atoms with Crippen LogP contribution < -0.4 is 9.47 Å². The molecule has 10 nitrogen and oxygen atoms in total. The summed E-state index contributed by atoms with van der Waals surface area (Å²) in [6.45, 7) is 7.63. The van der Waals surface area contributed by atoms with E-state index < -0.39 is 16.2 Å². The molecule has 1 N–H and O–H groups in total. The smallest absolute Gasteiger partial charge is 0.473 e. The fourth-order valence-corrected chi connectivity index (χ4v) is 3.99. The van der Waals surface area contributed by atoms with E-state index in [2.05, 4.69) is 14.6 Å². The Morgan fingerprint density at radius 3 is 2.52 bits per heavy atom. The zero-order valence-electron chi connectivity index (χ0n) is 15.5. The zero-order valence-corrected chi connectivity index (χ0v) is 16.3. The van der Waals surface area contributed by atoms with Crippen LogP contribution in [0.15, 0.2) is 17.2 Å². The standard InChI is InChI=1S/C16H25N3O7S/c1-3-18-5-7-19(8-6-18)27(22,23)13-11-14(26-16(20)21)15(17-12-13)25-10-9-24-4-2/h11-12H,3-10H2,1-2H3,(H,20,21). The van der Waals surface area contributed by atoms with E-state index in [1.807, 2.05) is 13.8 Å². The highest BCUT2D eigenvalue weighted by atomic mass is 32.2. The van der Waals surface area contributed by atoms with Crippen molar-refractivity contribution in [3.63, 3.8) is 0 Å². The van der Waals surface area contributed by atoms with Crippen LogP contribution in [-0.2, 0) is 14.8 Å². The van der Waals surface area contributed by atoms with Gasteiger partial charge < -0.3 is 24.2 Å². The van der Waals surface area contributed by atoms with Crippen LogP contribution in [0.1, 0.15) is 13.8 Å². The van der Waals surface area contributed by atoms with Gasteiger partial charge in [-0.15, -0.1) is 0 Å². The molecule has 1 aliphatic rings. The predicted octanol–water partition coefficient (Wildman–Crippen LogP) is 0.880. The van der Waals surface area contributed by atoms with Gasteiger partial charge in [-0.25, -0.2) is 18.2 Å². The average molecular weight is 403 g/mol. The lowest BCUT2D eigenvalue weighted by Crippen LogP contribution is -2.48. The fraction of sp³-hybridized carbons (Fsp3) is 0.625. The lowest BCUT2D eigenvalue weighted by molar-refractivity contribution is 0.105. The highest BCUT2D eigenvalue weighted by Gasteiger charge is 2.29. The number of likely N-dealkylation sites (N-methyl/N-ethyl adjacent to an activating group) is 1. The fourth-order valence-electron chi connectivity index (χ4n) is 2.61. The summed E-state index contributed by atoms with van der Waals surface area (Å²) < 4.78 is 42.2. The Balaban J connectivity index is 2.19. The van der Waals surface area contributed by atoms with Crippen LogP contribution >= 0.6 is 0 Å². The second-order valence-corrected chi connectivity index (χ2v) is 7.66. The van der Waals surface area contributed by atoms with Crippen molar-refractivity contribution < 1.29 is 32.5 Å². The summed E-state index contributed by atoms with van der Waals surface area (Å²) in [7, 11) is -3.81. The van der Waals surface area contributed by atoms with Crippen LogP contribution in [0.25, 0.3) is 0 Å². The van der Waals surface area contributed by atoms with E-state index in [1.165, 1.54) is 4.31 Å². The molecule has 0 radical (unpaired) electrons. The molecule has 0 atom stereocenters. The minimum absolute atomic E-state index is 0.105. The number of aromatic nitrogens is 1. The van der Waals surface area contributed by atoms with Crippen LogP contribution in [0, 0.1) is 0 Å². The van der Waals surface area contributed by atoms with Crippen molar-refractivity contribution in [3.05, 3.63) is 12.3 Å². The summed E-state index contributed by atoms with van der Waals surface area (Å²) in [6.07, 6.45) is -0.440. The molecule has 0 unspecified atom stereocenters. The van der Waals surface area contributed by atoms with Crippen LogP contribution in [0.5, 0.6) is 11.6 Å². The van der Waals surface area contributed by atoms with Gasteiger partial charge >= 0.3 is 6.16 Å². The second-order valence-electron chi connectivity index (χ2n) is 5.73. The van der Waals surface area contributed by atoms with E-state index in [0.29, 0.717) is 32.8 Å². The molecule has 27 heavy (non-hydrogen) atoms. The van der Waals surface area contributed by atoms with E-state index in [-0.39, 0.29) is 29.7 Å². The van der Waals surface area contributed by atoms with Gasteiger partial charge in [0.25, 0.3) is 5.88 Å². The maximum atomic E-state index is 12.8. The van der Waals surface area contributed by atoms with Gasteiger partial charge in [0.2, 0.25) is 10.0 Å². The molecule has 0 aliphatic carbocycles. The lowest BCUT2D eigenvalue weighted by Gasteiger charge is -2.33. The van der Waals surface area contributed by atoms with Crippen molar-refractivity contribution in [3.8, 4) is 11.6 Å². The molecule has 152 valence electrons. The summed E-state index contributed by atoms with van der Waals surface area (Å²) in [5.74, 6) is -0.376. The van der Waals surface area contributed by atoms with Crippen LogP contribution in [-0.4, -0.2) is 86.4 Å². The molecule has 0 aromatic carbocycles. The van der Waals surface area contributed by atoms with Gasteiger partial charge in [-0.05, 0) is 13.5 Å². The first-order valence-corrected chi connectivity index (χ1v) is 10.2. The van der Waals surface area contributed by atoms with Crippen molar-refractivity contribution in [2.75, 3.05) is 52.5 Å². The average Bonchev–Trinajstić information content (AvgIpc) is 2.65. The summed E-state index contributed by atoms with van der Waals surface area (Å²) in [5.41, 5.74) is 0. The maximum absolute atomic E-state index is 12.8. The first-order chi connectivity index (χ1) is 12.9. The van der Waals surface area contributed by atoms with Crippen molar-refractivity contribution in [1.29, 1.82) is 0 Å². The van der Waals surface area contributed by atoms with Crippen molar-refractivity contribution in [2.45, 2.75) is 18.7 Å². The topological polar surface area (TPSA) is 119 Å². The minimum Gasteiger partial charge on any atom is -0.473 e. The summed E-state index contributed by atoms with van der Waals surface area (Å²) >= 11 is 0. The molecule has 1 aromatic rings. The van der Waals surface area contributed by atoms with Gasteiger partial charge in [0.15, 0.2) is 5.75 Å². The van der Waals surface area contributed by atoms with Crippen LogP contribution in [0.3, 0.4) is 0 Å². The van der Waals surface area contributed by atoms with Gasteiger partial charge in [0, 0.05) is 38.9 Å². The van der Waals surface area contributed by atoms with Crippen molar-refractivity contribution in [2.24, 2.45) is 0 Å². The first-order valence-electron chi connectivity index (χ1n) is 8.72. The number of hydrogen-bond acceptors (Lipinski definition) is 8. The Labute approximate surface area is 158 Å². The SMILES string of the molecule is CCOCCOc1ncc(S(=O)(=O)N2CCN(CC)CC2)cc1OC(=O)O. The van der Waals surface area contributed by atoms with E-state index in [9.17, 15) is 13.2 Å². The van der Waals surface area contributed by atoms with Crippen LogP contribution in [0.4, 0.5) is 4.79 Å². The number of carboxylic acid groups (broad SMARTS) is 1. The largest absolute Gasteiger partial charge is 0.511 e. The van der Waals surface area contributed by atoms with Gasteiger partial charge in [-0.1, -0.05) is 6.92 Å². The summed E-state index contributed by atoms with van der Waals surface area (Å²) in [6, 6.07) is 1.12. The molecule has 11 heteroatoms. The molecular formula is C16H25N3O7S. The Kier molecular flexibility index (Phi) is 7.78. The monoisotopic (exact) mass is 403 g/mol. The van der Waals surface area contributed by atoms with Gasteiger partial charge in [-0.2, -0.15) is 4.31 Å². The highest BCUT2D eigenvalue weighted by Crippen LogP contribution is 2.29. The normalized spacial score (nSPS) is 16.2. The van der Waals surface area contributed by atoms with Crippen LogP contribution in [0.2, 0.25) is 0 Å². The van der Waals surface area contributed by atoms with E-state index in [4.69, 9.17) is 14.6 Å².